The molecule has 0 saturated carbocycles. The van der Waals surface area contributed by atoms with E-state index < -0.39 is 0 Å². The van der Waals surface area contributed by atoms with Crippen molar-refractivity contribution in [1.29, 1.82) is 0 Å². The summed E-state index contributed by atoms with van der Waals surface area (Å²) in [7, 11) is 0. The number of ether oxygens (including phenoxy) is 2. The van der Waals surface area contributed by atoms with E-state index in [4.69, 9.17) is 14.0 Å². The highest BCUT2D eigenvalue weighted by Crippen LogP contribution is 2.46. The van der Waals surface area contributed by atoms with Gasteiger partial charge in [0, 0.05) is 11.8 Å². The third-order valence-corrected chi connectivity index (χ3v) is 1.77. The number of hydrogen-bond donors (Lipinski definition) is 1. The first-order chi connectivity index (χ1) is 5.45. The van der Waals surface area contributed by atoms with Crippen LogP contribution in [0.3, 0.4) is 0 Å². The van der Waals surface area contributed by atoms with Gasteiger partial charge in [-0.05, 0) is 6.07 Å². The van der Waals surface area contributed by atoms with Crippen molar-refractivity contribution in [2.75, 3.05) is 6.79 Å². The molecular weight excluding hydrogens is 146 g/mol. The fraction of sp³-hybridized carbons (Fsp3) is 0.143. The Labute approximate surface area is 62.0 Å². The van der Waals surface area contributed by atoms with E-state index in [1.807, 2.05) is 6.07 Å². The predicted molar refractivity (Wildman–Crippen MR) is 35.8 cm³/mol. The standard InChI is InChI=1S/C7H5NO3/c1-4-2-8-11-6(4)7-5(1)9-3-10-7/h1-2,8H,3H2. The normalized spacial score (nSPS) is 14.5. The molecular formula is C7H5NO3. The molecule has 0 aromatic rings. The van der Waals surface area contributed by atoms with Gasteiger partial charge in [-0.3, -0.25) is 0 Å². The van der Waals surface area contributed by atoms with Crippen molar-refractivity contribution >= 4 is 0 Å². The summed E-state index contributed by atoms with van der Waals surface area (Å²) in [5.41, 5.74) is 0.981. The van der Waals surface area contributed by atoms with Gasteiger partial charge in [0.05, 0.1) is 0 Å². The second-order valence-corrected chi connectivity index (χ2v) is 2.39. The maximum absolute atomic E-state index is 5.17. The highest BCUT2D eigenvalue weighted by Gasteiger charge is 2.26. The Morgan fingerprint density at radius 1 is 1.36 bits per heavy atom. The molecule has 4 nitrogen and oxygen atoms in total. The van der Waals surface area contributed by atoms with Gasteiger partial charge in [0.2, 0.25) is 18.3 Å². The zero-order valence-corrected chi connectivity index (χ0v) is 5.59. The third kappa shape index (κ3) is 0.497. The summed E-state index contributed by atoms with van der Waals surface area (Å²) in [5.74, 6) is 2.21. The Balaban J connectivity index is 2.37. The van der Waals surface area contributed by atoms with Crippen LogP contribution in [0, 0.1) is 0 Å². The van der Waals surface area contributed by atoms with Gasteiger partial charge < -0.3 is 14.0 Å². The van der Waals surface area contributed by atoms with E-state index in [2.05, 4.69) is 5.16 Å². The van der Waals surface area contributed by atoms with Crippen molar-refractivity contribution in [3.63, 3.8) is 0 Å². The quantitative estimate of drug-likeness (QED) is 0.619. The molecule has 0 atom stereocenters. The van der Waals surface area contributed by atoms with E-state index in [-0.39, 0.29) is 0 Å². The molecule has 1 aliphatic carbocycles. The minimum atomic E-state index is 0.293. The van der Waals surface area contributed by atoms with Crippen molar-refractivity contribution in [3.8, 4) is 22.8 Å². The maximum Gasteiger partial charge on any atom is 0.231 e. The minimum Gasteiger partial charge on any atom is -0.453 e. The smallest absolute Gasteiger partial charge is 0.231 e. The summed E-state index contributed by atoms with van der Waals surface area (Å²) in [6, 6.07) is 1.89. The molecule has 0 spiro atoms. The van der Waals surface area contributed by atoms with E-state index in [0.29, 0.717) is 12.5 Å². The first-order valence-electron chi connectivity index (χ1n) is 3.30. The number of aromatic amines is 1. The van der Waals surface area contributed by atoms with Crippen LogP contribution in [0.25, 0.3) is 11.3 Å². The van der Waals surface area contributed by atoms with E-state index in [0.717, 1.165) is 17.1 Å². The van der Waals surface area contributed by atoms with Crippen molar-refractivity contribution in [3.05, 3.63) is 12.3 Å². The second-order valence-electron chi connectivity index (χ2n) is 2.39. The zero-order chi connectivity index (χ0) is 7.26. The van der Waals surface area contributed by atoms with Crippen LogP contribution in [-0.2, 0) is 0 Å². The van der Waals surface area contributed by atoms with Crippen LogP contribution < -0.4 is 9.47 Å². The predicted octanol–water partition coefficient (Wildman–Crippen LogP) is 1.44. The molecule has 1 N–H and O–H groups in total. The number of rotatable bonds is 0. The number of fused-ring (bicyclic) bond motifs is 3. The highest BCUT2D eigenvalue weighted by atomic mass is 16.7. The van der Waals surface area contributed by atoms with Crippen molar-refractivity contribution in [2.24, 2.45) is 0 Å². The number of hydrogen-bond acceptors (Lipinski definition) is 3. The van der Waals surface area contributed by atoms with E-state index in [9.17, 15) is 0 Å². The van der Waals surface area contributed by atoms with Gasteiger partial charge >= 0.3 is 0 Å². The Bertz CT molecular complexity index is 362. The molecule has 0 amide bonds. The minimum absolute atomic E-state index is 0.293. The summed E-state index contributed by atoms with van der Waals surface area (Å²) >= 11 is 0. The van der Waals surface area contributed by atoms with Gasteiger partial charge in [-0.15, -0.1) is 0 Å². The lowest BCUT2D eigenvalue weighted by molar-refractivity contribution is 0.171. The molecule has 11 heavy (non-hydrogen) atoms. The van der Waals surface area contributed by atoms with Gasteiger partial charge in [-0.1, -0.05) is 0 Å². The molecule has 3 aliphatic rings. The molecule has 56 valence electrons. The lowest BCUT2D eigenvalue weighted by Gasteiger charge is -1.90. The lowest BCUT2D eigenvalue weighted by Crippen LogP contribution is -1.94. The summed E-state index contributed by atoms with van der Waals surface area (Å²) in [6.45, 7) is 0.293. The number of H-pyrrole nitrogens is 1. The van der Waals surface area contributed by atoms with Gasteiger partial charge in [-0.25, -0.2) is 5.16 Å². The fourth-order valence-electron chi connectivity index (χ4n) is 1.28. The monoisotopic (exact) mass is 151 g/mol. The molecule has 2 aliphatic heterocycles. The largest absolute Gasteiger partial charge is 0.453 e. The van der Waals surface area contributed by atoms with Gasteiger partial charge in [0.15, 0.2) is 5.75 Å². The Morgan fingerprint density at radius 3 is 3.36 bits per heavy atom. The first-order valence-corrected chi connectivity index (χ1v) is 3.30. The van der Waals surface area contributed by atoms with Crippen LogP contribution in [0.4, 0.5) is 0 Å². The van der Waals surface area contributed by atoms with Crippen LogP contribution in [0.5, 0.6) is 11.5 Å². The number of aromatic nitrogens is 1. The van der Waals surface area contributed by atoms with Crippen LogP contribution in [0.2, 0.25) is 0 Å². The van der Waals surface area contributed by atoms with Crippen molar-refractivity contribution < 1.29 is 14.0 Å². The lowest BCUT2D eigenvalue weighted by atomic mass is 10.3. The summed E-state index contributed by atoms with van der Waals surface area (Å²) in [4.78, 5) is 0. The average Bonchev–Trinajstić information content (AvgIpc) is 2.52. The van der Waals surface area contributed by atoms with Gasteiger partial charge in [-0.2, -0.15) is 0 Å². The molecule has 0 unspecified atom stereocenters. The van der Waals surface area contributed by atoms with Crippen LogP contribution >= 0.6 is 0 Å². The van der Waals surface area contributed by atoms with Crippen LogP contribution in [-0.4, -0.2) is 11.9 Å². The average molecular weight is 151 g/mol. The molecule has 0 saturated heterocycles. The molecule has 2 heterocycles. The fourth-order valence-corrected chi connectivity index (χ4v) is 1.28. The zero-order valence-electron chi connectivity index (χ0n) is 5.59. The van der Waals surface area contributed by atoms with Gasteiger partial charge in [0.25, 0.3) is 0 Å². The molecule has 0 radical (unpaired) electrons. The summed E-state index contributed by atoms with van der Waals surface area (Å²) in [5, 5.41) is 2.64. The molecule has 0 fully saturated rings. The summed E-state index contributed by atoms with van der Waals surface area (Å²) < 4.78 is 15.4. The van der Waals surface area contributed by atoms with Crippen molar-refractivity contribution in [2.45, 2.75) is 0 Å². The molecule has 0 aromatic carbocycles. The SMILES string of the molecule is c1[nH]oc2c3c(cc1-2)OCO3. The molecule has 3 rings (SSSR count). The Kier molecular flexibility index (Phi) is 0.711. The van der Waals surface area contributed by atoms with E-state index in [1.165, 1.54) is 0 Å². The van der Waals surface area contributed by atoms with Crippen molar-refractivity contribution in [1.82, 2.24) is 5.16 Å². The van der Waals surface area contributed by atoms with E-state index >= 15 is 0 Å². The second kappa shape index (κ2) is 1.53. The molecule has 0 bridgehead atoms. The van der Waals surface area contributed by atoms with E-state index in [1.54, 1.807) is 6.20 Å². The molecule has 4 heteroatoms. The topological polar surface area (TPSA) is 47.4 Å². The Hall–Kier alpha value is -1.58. The van der Waals surface area contributed by atoms with Gasteiger partial charge in [0.1, 0.15) is 0 Å². The molecule has 0 aromatic heterocycles. The third-order valence-electron chi connectivity index (χ3n) is 1.77. The van der Waals surface area contributed by atoms with Crippen LogP contribution in [0.1, 0.15) is 0 Å². The summed E-state index contributed by atoms with van der Waals surface area (Å²) in [6.07, 6.45) is 1.76. The van der Waals surface area contributed by atoms with Crippen LogP contribution in [0.15, 0.2) is 16.8 Å². The number of nitrogens with one attached hydrogen (secondary N) is 1. The Morgan fingerprint density at radius 2 is 2.36 bits per heavy atom. The first kappa shape index (κ1) is 5.12. The highest BCUT2D eigenvalue weighted by molar-refractivity contribution is 5.74. The maximum atomic E-state index is 5.17.